The van der Waals surface area contributed by atoms with Gasteiger partial charge < -0.3 is 19.7 Å². The first kappa shape index (κ1) is 52.0. The first-order valence-electron chi connectivity index (χ1n) is 18.4. The molecular weight excluding hydrogens is 823 g/mol. The van der Waals surface area contributed by atoms with Gasteiger partial charge in [-0.1, -0.05) is 92.3 Å². The highest BCUT2D eigenvalue weighted by atomic mass is 33.1. The third-order valence-corrected chi connectivity index (χ3v) is 8.52. The number of esters is 1. The molecule has 0 N–H and O–H groups in total. The Morgan fingerprint density at radius 3 is 1.65 bits per heavy atom. The van der Waals surface area contributed by atoms with Gasteiger partial charge in [0, 0.05) is 68.3 Å². The van der Waals surface area contributed by atoms with E-state index in [1.54, 1.807) is 62.8 Å². The molecule has 0 bridgehead atoms. The number of methoxy groups -OCH3 is 2. The average Bonchev–Trinajstić information content (AvgIpc) is 3.58. The Morgan fingerprint density at radius 2 is 1.22 bits per heavy atom. The van der Waals surface area contributed by atoms with Gasteiger partial charge in [0.1, 0.15) is 23.3 Å². The summed E-state index contributed by atoms with van der Waals surface area (Å²) in [6.45, 7) is 1.83. The summed E-state index contributed by atoms with van der Waals surface area (Å²) < 4.78 is 14.9. The van der Waals surface area contributed by atoms with E-state index in [0.717, 1.165) is 20.0 Å². The van der Waals surface area contributed by atoms with Crippen molar-refractivity contribution in [1.82, 2.24) is 0 Å². The highest BCUT2D eigenvalue weighted by Gasteiger charge is 2.35. The van der Waals surface area contributed by atoms with Crippen LogP contribution >= 0.6 is 0 Å². The molecule has 0 aromatic heterocycles. The maximum absolute atomic E-state index is 12.4. The van der Waals surface area contributed by atoms with E-state index >= 15 is 0 Å². The summed E-state index contributed by atoms with van der Waals surface area (Å²) in [6.07, 6.45) is 2.13. The number of hydrogen-bond acceptors (Lipinski definition) is 11. The maximum Gasteiger partial charge on any atom is 0.364 e. The van der Waals surface area contributed by atoms with E-state index in [4.69, 9.17) is 25.3 Å². The Balaban J connectivity index is 0.000000444. The zero-order valence-electron chi connectivity index (χ0n) is 32.9. The Labute approximate surface area is 363 Å². The molecule has 0 radical (unpaired) electrons. The van der Waals surface area contributed by atoms with Gasteiger partial charge in [-0.25, -0.2) is 0 Å². The molecule has 1 unspecified atom stereocenters. The van der Waals surface area contributed by atoms with Crippen molar-refractivity contribution in [3.63, 3.8) is 0 Å². The quantitative estimate of drug-likeness (QED) is 0.0263. The smallest absolute Gasteiger partial charge is 0.364 e. The maximum atomic E-state index is 12.4. The molecule has 1 aliphatic carbocycles. The second kappa shape index (κ2) is 30.1. The Hall–Kier alpha value is -6.02. The van der Waals surface area contributed by atoms with E-state index in [0.29, 0.717) is 54.7 Å². The molecule has 1 saturated carbocycles. The molecule has 0 heterocycles. The normalized spacial score (nSPS) is 11.7. The number of hydrogen-bond donors (Lipinski definition) is 0. The van der Waals surface area contributed by atoms with Crippen LogP contribution in [0.1, 0.15) is 81.2 Å². The van der Waals surface area contributed by atoms with E-state index in [2.05, 4.69) is 37.2 Å². The lowest BCUT2D eigenvalue weighted by molar-refractivity contribution is -0.157. The lowest BCUT2D eigenvalue weighted by atomic mass is 9.98. The number of carbonyl (C=O) groups is 5. The van der Waals surface area contributed by atoms with Crippen LogP contribution in [0.2, 0.25) is 0 Å². The predicted molar refractivity (Wildman–Crippen MR) is 238 cm³/mol. The SMILES string of the molecule is C.CCCC(=O)OC1C(=O)CCC1=O.COc1ccc(C(=[N+]=[N-])C(=O)CCc2ccccc2)cc1.COc1ccc(C(N=[N+]=[N-])C(=O)CCc2ccccc2)cc1.S=S=S. The Bertz CT molecular complexity index is 2100. The highest BCUT2D eigenvalue weighted by molar-refractivity contribution is 8.37. The van der Waals surface area contributed by atoms with E-state index < -0.39 is 18.1 Å². The van der Waals surface area contributed by atoms with Gasteiger partial charge in [0.05, 0.1) is 19.8 Å². The van der Waals surface area contributed by atoms with Gasteiger partial charge in [0.15, 0.2) is 11.6 Å². The molecule has 1 atom stereocenters. The van der Waals surface area contributed by atoms with Crippen LogP contribution in [0, 0.1) is 0 Å². The van der Waals surface area contributed by atoms with Crippen molar-refractivity contribution in [3.05, 3.63) is 147 Å². The van der Waals surface area contributed by atoms with Gasteiger partial charge >= 0.3 is 11.7 Å². The molecule has 0 saturated heterocycles. The van der Waals surface area contributed by atoms with Crippen LogP contribution in [0.3, 0.4) is 0 Å². The summed E-state index contributed by atoms with van der Waals surface area (Å²) in [7, 11) is 4.06. The molecule has 1 fully saturated rings. The van der Waals surface area contributed by atoms with Gasteiger partial charge in [-0.05, 0) is 77.9 Å². The van der Waals surface area contributed by atoms with Gasteiger partial charge in [-0.15, -0.1) is 0 Å². The van der Waals surface area contributed by atoms with Gasteiger partial charge in [-0.3, -0.25) is 24.0 Å². The Morgan fingerprint density at radius 1 is 0.750 bits per heavy atom. The molecular formula is C44H49N5O8S3. The number of ketones is 4. The molecule has 1 aliphatic rings. The minimum atomic E-state index is -1.10. The van der Waals surface area contributed by atoms with Crippen molar-refractivity contribution in [2.45, 2.75) is 77.9 Å². The number of benzene rings is 4. The first-order valence-corrected chi connectivity index (χ1v) is 21.1. The van der Waals surface area contributed by atoms with Gasteiger partial charge in [0.2, 0.25) is 11.9 Å². The molecule has 16 heteroatoms. The van der Waals surface area contributed by atoms with E-state index in [-0.39, 0.29) is 55.5 Å². The molecule has 4 aromatic rings. The fourth-order valence-electron chi connectivity index (χ4n) is 5.46. The van der Waals surface area contributed by atoms with Crippen molar-refractivity contribution in [1.29, 1.82) is 0 Å². The molecule has 4 aromatic carbocycles. The summed E-state index contributed by atoms with van der Waals surface area (Å²) in [4.78, 5) is 63.5. The van der Waals surface area contributed by atoms with Crippen LogP contribution < -0.4 is 9.47 Å². The highest BCUT2D eigenvalue weighted by Crippen LogP contribution is 2.24. The number of Topliss-reactive ketones (excluding diaryl/α,β-unsaturated/α-hetero) is 4. The Kier molecular flexibility index (Phi) is 26.1. The van der Waals surface area contributed by atoms with Gasteiger partial charge in [0.25, 0.3) is 0 Å². The van der Waals surface area contributed by atoms with Crippen molar-refractivity contribution in [3.8, 4) is 11.5 Å². The standard InChI is InChI=1S/C17H17N3O2.C17H16N2O2.C9H12O4.CH4.S3/c1-22-15-10-8-14(9-11-15)17(19-20-18)16(21)12-7-13-5-3-2-4-6-13;1-21-15-10-8-14(9-11-15)17(19-18)16(20)12-7-13-5-3-2-4-6-13;1-2-3-8(12)13-9-6(10)4-5-7(9)11;;1-3-2/h2-6,8-11,17H,7,12H2,1H3;2-6,8-11H,7,12H2,1H3;9H,2-5H2,1H3;1H4;. The molecule has 0 spiro atoms. The zero-order valence-corrected chi connectivity index (χ0v) is 35.4. The van der Waals surface area contributed by atoms with E-state index in [9.17, 15) is 24.0 Å². The number of azide groups is 1. The largest absolute Gasteiger partial charge is 0.497 e. The second-order valence-electron chi connectivity index (χ2n) is 12.5. The lowest BCUT2D eigenvalue weighted by Gasteiger charge is -2.11. The molecule has 5 rings (SSSR count). The third kappa shape index (κ3) is 18.7. The van der Waals surface area contributed by atoms with Crippen LogP contribution in [0.4, 0.5) is 0 Å². The summed E-state index contributed by atoms with van der Waals surface area (Å²) in [5, 5.41) is 3.65. The third-order valence-electron chi connectivity index (χ3n) is 8.52. The van der Waals surface area contributed by atoms with Crippen LogP contribution in [-0.2, 0) is 72.8 Å². The zero-order chi connectivity index (χ0) is 43.4. The summed E-state index contributed by atoms with van der Waals surface area (Å²) in [6, 6.07) is 32.6. The molecule has 316 valence electrons. The number of aryl methyl sites for hydroxylation is 2. The van der Waals surface area contributed by atoms with Crippen molar-refractivity contribution < 1.29 is 43.0 Å². The monoisotopic (exact) mass is 871 g/mol. The minimum Gasteiger partial charge on any atom is -0.497 e. The van der Waals surface area contributed by atoms with E-state index in [1.807, 2.05) is 67.6 Å². The average molecular weight is 872 g/mol. The molecule has 13 nitrogen and oxygen atoms in total. The summed E-state index contributed by atoms with van der Waals surface area (Å²) >= 11 is 8.25. The van der Waals surface area contributed by atoms with Crippen molar-refractivity contribution in [2.75, 3.05) is 14.2 Å². The summed E-state index contributed by atoms with van der Waals surface area (Å²) in [5.74, 6) is 0.103. The van der Waals surface area contributed by atoms with Crippen LogP contribution in [0.25, 0.3) is 16.0 Å². The summed E-state index contributed by atoms with van der Waals surface area (Å²) in [5.41, 5.74) is 21.3. The van der Waals surface area contributed by atoms with Gasteiger partial charge in [-0.2, -0.15) is 4.79 Å². The van der Waals surface area contributed by atoms with Crippen LogP contribution in [0.5, 0.6) is 11.5 Å². The second-order valence-corrected chi connectivity index (χ2v) is 14.3. The van der Waals surface area contributed by atoms with E-state index in [1.165, 1.54) is 0 Å². The van der Waals surface area contributed by atoms with Crippen molar-refractivity contribution >= 4 is 66.1 Å². The molecule has 0 aliphatic heterocycles. The molecule has 0 amide bonds. The minimum absolute atomic E-state index is 0. The number of rotatable bonds is 16. The van der Waals surface area contributed by atoms with Crippen LogP contribution in [-0.4, -0.2) is 59.9 Å². The topological polar surface area (TPSA) is 198 Å². The number of ether oxygens (including phenoxy) is 3. The van der Waals surface area contributed by atoms with Crippen molar-refractivity contribution in [2.24, 2.45) is 5.11 Å². The molecule has 60 heavy (non-hydrogen) atoms. The van der Waals surface area contributed by atoms with Crippen LogP contribution in [0.15, 0.2) is 114 Å². The first-order chi connectivity index (χ1) is 28.5. The fraction of sp³-hybridized carbons (Fsp3) is 0.318. The predicted octanol–water partition coefficient (Wildman–Crippen LogP) is 8.42. The fourth-order valence-corrected chi connectivity index (χ4v) is 5.46. The number of nitrogens with zero attached hydrogens (tertiary/aromatic N) is 5. The number of carbonyl (C=O) groups excluding carboxylic acids is 5. The lowest BCUT2D eigenvalue weighted by Crippen LogP contribution is -2.28.